The minimum Gasteiger partial charge on any atom is -0.456 e. The maximum absolute atomic E-state index is 6.36. The maximum Gasteiger partial charge on any atom is 0.135 e. The molecule has 0 N–H and O–H groups in total. The van der Waals surface area contributed by atoms with Crippen molar-refractivity contribution in [2.75, 3.05) is 0 Å². The second-order valence-electron chi connectivity index (χ2n) is 11.2. The molecule has 1 aliphatic heterocycles. The highest BCUT2D eigenvalue weighted by molar-refractivity contribution is 6.09. The molecule has 0 spiro atoms. The molecule has 2 aliphatic rings. The Morgan fingerprint density at radius 2 is 0.952 bits per heavy atom. The van der Waals surface area contributed by atoms with Crippen LogP contribution >= 0.6 is 0 Å². The van der Waals surface area contributed by atoms with Gasteiger partial charge in [-0.05, 0) is 67.6 Å². The van der Waals surface area contributed by atoms with Crippen molar-refractivity contribution >= 4 is 10.8 Å². The van der Waals surface area contributed by atoms with Crippen LogP contribution in [-0.2, 0) is 5.41 Å². The van der Waals surface area contributed by atoms with Gasteiger partial charge in [0.25, 0.3) is 0 Å². The van der Waals surface area contributed by atoms with Crippen molar-refractivity contribution in [3.05, 3.63) is 180 Å². The Labute approximate surface area is 245 Å². The zero-order chi connectivity index (χ0) is 27.7. The van der Waals surface area contributed by atoms with E-state index in [1.165, 1.54) is 60.8 Å². The van der Waals surface area contributed by atoms with Crippen LogP contribution in [0.3, 0.4) is 0 Å². The van der Waals surface area contributed by atoms with E-state index >= 15 is 0 Å². The van der Waals surface area contributed by atoms with Gasteiger partial charge in [0.05, 0.1) is 5.41 Å². The van der Waals surface area contributed by atoms with E-state index in [1.54, 1.807) is 0 Å². The molecule has 42 heavy (non-hydrogen) atoms. The molecule has 196 valence electrons. The van der Waals surface area contributed by atoms with Gasteiger partial charge in [-0.15, -0.1) is 0 Å². The normalized spacial score (nSPS) is 13.6. The van der Waals surface area contributed by atoms with E-state index < -0.39 is 0 Å². The number of ether oxygens (including phenoxy) is 1. The van der Waals surface area contributed by atoms with Gasteiger partial charge in [-0.25, -0.2) is 0 Å². The minimum atomic E-state index is -0.384. The molecule has 0 fully saturated rings. The Bertz CT molecular complexity index is 2110. The van der Waals surface area contributed by atoms with Crippen molar-refractivity contribution in [2.45, 2.75) is 5.41 Å². The molecule has 1 heterocycles. The molecule has 0 saturated heterocycles. The number of fused-ring (bicyclic) bond motifs is 5. The molecule has 0 saturated carbocycles. The third kappa shape index (κ3) is 3.08. The van der Waals surface area contributed by atoms with Gasteiger partial charge in [-0.2, -0.15) is 0 Å². The van der Waals surface area contributed by atoms with E-state index in [0.29, 0.717) is 0 Å². The molecule has 0 bridgehead atoms. The van der Waals surface area contributed by atoms with Crippen LogP contribution in [0.25, 0.3) is 44.2 Å². The minimum absolute atomic E-state index is 0.384. The largest absolute Gasteiger partial charge is 0.456 e. The lowest BCUT2D eigenvalue weighted by atomic mass is 9.67. The maximum atomic E-state index is 6.36. The van der Waals surface area contributed by atoms with Gasteiger partial charge in [0.1, 0.15) is 11.5 Å². The fourth-order valence-electron chi connectivity index (χ4n) is 7.44. The monoisotopic (exact) mass is 534 g/mol. The fourth-order valence-corrected chi connectivity index (χ4v) is 7.44. The number of hydrogen-bond donors (Lipinski definition) is 0. The Morgan fingerprint density at radius 3 is 1.69 bits per heavy atom. The average molecular weight is 535 g/mol. The Balaban J connectivity index is 1.25. The lowest BCUT2D eigenvalue weighted by Crippen LogP contribution is -2.28. The molecule has 1 nitrogen and oxygen atoms in total. The summed E-state index contributed by atoms with van der Waals surface area (Å²) < 4.78 is 6.36. The lowest BCUT2D eigenvalue weighted by Gasteiger charge is -2.34. The molecule has 0 aromatic heterocycles. The van der Waals surface area contributed by atoms with Crippen LogP contribution in [0.2, 0.25) is 0 Å². The van der Waals surface area contributed by atoms with E-state index in [2.05, 4.69) is 146 Å². The number of rotatable bonds is 3. The summed E-state index contributed by atoms with van der Waals surface area (Å²) in [6.07, 6.45) is 0. The Kier molecular flexibility index (Phi) is 4.88. The summed E-state index contributed by atoms with van der Waals surface area (Å²) in [4.78, 5) is 0. The van der Waals surface area contributed by atoms with Crippen LogP contribution in [0.4, 0.5) is 0 Å². The van der Waals surface area contributed by atoms with Crippen LogP contribution in [0.5, 0.6) is 11.5 Å². The van der Waals surface area contributed by atoms with E-state index in [9.17, 15) is 0 Å². The zero-order valence-corrected chi connectivity index (χ0v) is 22.9. The Morgan fingerprint density at radius 1 is 0.357 bits per heavy atom. The molecule has 1 aliphatic carbocycles. The van der Waals surface area contributed by atoms with Gasteiger partial charge >= 0.3 is 0 Å². The van der Waals surface area contributed by atoms with E-state index in [-0.39, 0.29) is 5.41 Å². The van der Waals surface area contributed by atoms with Crippen LogP contribution in [0.15, 0.2) is 158 Å². The van der Waals surface area contributed by atoms with Crippen LogP contribution in [0.1, 0.15) is 22.3 Å². The van der Waals surface area contributed by atoms with Gasteiger partial charge in [0.15, 0.2) is 0 Å². The molecule has 0 atom stereocenters. The molecule has 0 radical (unpaired) electrons. The highest BCUT2D eigenvalue weighted by atomic mass is 16.5. The van der Waals surface area contributed by atoms with E-state index in [4.69, 9.17) is 4.74 Å². The summed E-state index contributed by atoms with van der Waals surface area (Å²) >= 11 is 0. The molecular weight excluding hydrogens is 508 g/mol. The van der Waals surface area contributed by atoms with Gasteiger partial charge in [-0.1, -0.05) is 146 Å². The highest BCUT2D eigenvalue weighted by Gasteiger charge is 2.45. The average Bonchev–Trinajstić information content (AvgIpc) is 3.37. The first kappa shape index (κ1) is 23.3. The molecular formula is C41H26O. The van der Waals surface area contributed by atoms with Crippen molar-refractivity contribution in [2.24, 2.45) is 0 Å². The SMILES string of the molecule is c1ccc(C2(c3ccc(-c4ccc5c6c(cccc46)-c4ccccc4O5)cc3)c3ccccc3-c3ccccc32)cc1. The third-order valence-electron chi connectivity index (χ3n) is 9.19. The lowest BCUT2D eigenvalue weighted by molar-refractivity contribution is 0.487. The highest BCUT2D eigenvalue weighted by Crippen LogP contribution is 2.56. The molecule has 0 amide bonds. The van der Waals surface area contributed by atoms with Crippen LogP contribution < -0.4 is 4.74 Å². The van der Waals surface area contributed by atoms with E-state index in [1.807, 2.05) is 12.1 Å². The van der Waals surface area contributed by atoms with Crippen molar-refractivity contribution in [1.82, 2.24) is 0 Å². The molecule has 0 unspecified atom stereocenters. The summed E-state index contributed by atoms with van der Waals surface area (Å²) in [6.45, 7) is 0. The molecule has 7 aromatic rings. The fraction of sp³-hybridized carbons (Fsp3) is 0.0244. The summed E-state index contributed by atoms with van der Waals surface area (Å²) in [5.74, 6) is 1.83. The first-order valence-corrected chi connectivity index (χ1v) is 14.5. The standard InChI is InChI=1S/C41H26O/c1-2-11-28(12-3-1)41(36-18-7-4-13-31(36)32-14-5-8-19-37(32)41)29-23-21-27(22-24-29)30-25-26-39-40-34(30)16-10-17-35(40)33-15-6-9-20-38(33)42-39/h1-26H. The summed E-state index contributed by atoms with van der Waals surface area (Å²) in [6, 6.07) is 57.3. The van der Waals surface area contributed by atoms with Crippen molar-refractivity contribution in [3.8, 4) is 44.9 Å². The number of benzene rings is 7. The number of para-hydroxylation sites is 1. The summed E-state index contributed by atoms with van der Waals surface area (Å²) in [7, 11) is 0. The number of hydrogen-bond acceptors (Lipinski definition) is 1. The molecule has 1 heteroatoms. The zero-order valence-electron chi connectivity index (χ0n) is 22.9. The molecule has 7 aromatic carbocycles. The van der Waals surface area contributed by atoms with Crippen molar-refractivity contribution in [3.63, 3.8) is 0 Å². The third-order valence-corrected chi connectivity index (χ3v) is 9.19. The van der Waals surface area contributed by atoms with Crippen molar-refractivity contribution < 1.29 is 4.74 Å². The van der Waals surface area contributed by atoms with Crippen LogP contribution in [0, 0.1) is 0 Å². The van der Waals surface area contributed by atoms with Gasteiger partial charge < -0.3 is 4.74 Å². The topological polar surface area (TPSA) is 9.23 Å². The quantitative estimate of drug-likeness (QED) is 0.219. The predicted molar refractivity (Wildman–Crippen MR) is 172 cm³/mol. The summed E-state index contributed by atoms with van der Waals surface area (Å²) in [5, 5.41) is 2.39. The van der Waals surface area contributed by atoms with E-state index in [0.717, 1.165) is 17.1 Å². The van der Waals surface area contributed by atoms with Gasteiger partial charge in [-0.3, -0.25) is 0 Å². The van der Waals surface area contributed by atoms with Crippen LogP contribution in [-0.4, -0.2) is 0 Å². The molecule has 9 rings (SSSR count). The summed E-state index contributed by atoms with van der Waals surface area (Å²) in [5.41, 5.74) is 12.2. The first-order valence-electron chi connectivity index (χ1n) is 14.5. The predicted octanol–water partition coefficient (Wildman–Crippen LogP) is 10.6. The smallest absolute Gasteiger partial charge is 0.135 e. The van der Waals surface area contributed by atoms with Gasteiger partial charge in [0, 0.05) is 10.9 Å². The first-order chi connectivity index (χ1) is 20.8. The Hall–Kier alpha value is -5.40. The second-order valence-corrected chi connectivity index (χ2v) is 11.2. The second kappa shape index (κ2) is 8.80. The van der Waals surface area contributed by atoms with Crippen molar-refractivity contribution in [1.29, 1.82) is 0 Å². The van der Waals surface area contributed by atoms with Gasteiger partial charge in [0.2, 0.25) is 0 Å².